The summed E-state index contributed by atoms with van der Waals surface area (Å²) in [4.78, 5) is 2.32. The number of benzene rings is 1. The Morgan fingerprint density at radius 2 is 1.95 bits per heavy atom. The summed E-state index contributed by atoms with van der Waals surface area (Å²) < 4.78 is 5.41. The van der Waals surface area contributed by atoms with E-state index in [4.69, 9.17) is 10.5 Å². The molecule has 1 fully saturated rings. The smallest absolute Gasteiger partial charge is 0.123 e. The van der Waals surface area contributed by atoms with Crippen LogP contribution >= 0.6 is 0 Å². The van der Waals surface area contributed by atoms with Crippen LogP contribution in [0.5, 0.6) is 5.75 Å². The van der Waals surface area contributed by atoms with Crippen LogP contribution in [0.1, 0.15) is 37.7 Å². The SMILES string of the molecule is COc1ccccc1CN(C)CC(N)C1CCCCC1. The average molecular weight is 276 g/mol. The molecular formula is C17H28N2O. The third-order valence-electron chi connectivity index (χ3n) is 4.41. The zero-order valence-corrected chi connectivity index (χ0v) is 12.8. The van der Waals surface area contributed by atoms with Gasteiger partial charge < -0.3 is 15.4 Å². The van der Waals surface area contributed by atoms with E-state index in [9.17, 15) is 0 Å². The molecule has 0 radical (unpaired) electrons. The summed E-state index contributed by atoms with van der Waals surface area (Å²) in [6, 6.07) is 8.52. The van der Waals surface area contributed by atoms with Crippen LogP contribution < -0.4 is 10.5 Å². The molecule has 0 bridgehead atoms. The van der Waals surface area contributed by atoms with E-state index in [1.54, 1.807) is 7.11 Å². The number of methoxy groups -OCH3 is 1. The summed E-state index contributed by atoms with van der Waals surface area (Å²) in [6.07, 6.45) is 6.72. The number of hydrogen-bond acceptors (Lipinski definition) is 3. The number of nitrogens with zero attached hydrogens (tertiary/aromatic N) is 1. The minimum Gasteiger partial charge on any atom is -0.496 e. The number of hydrogen-bond donors (Lipinski definition) is 1. The van der Waals surface area contributed by atoms with Gasteiger partial charge in [0.1, 0.15) is 5.75 Å². The molecule has 2 rings (SSSR count). The minimum atomic E-state index is 0.301. The molecule has 1 aliphatic rings. The maximum Gasteiger partial charge on any atom is 0.123 e. The van der Waals surface area contributed by atoms with Gasteiger partial charge >= 0.3 is 0 Å². The first kappa shape index (κ1) is 15.3. The number of rotatable bonds is 6. The molecule has 0 amide bonds. The van der Waals surface area contributed by atoms with Crippen molar-refractivity contribution in [1.29, 1.82) is 0 Å². The van der Waals surface area contributed by atoms with Gasteiger partial charge in [0.2, 0.25) is 0 Å². The van der Waals surface area contributed by atoms with Gasteiger partial charge in [-0.3, -0.25) is 0 Å². The van der Waals surface area contributed by atoms with Crippen LogP contribution in [0.4, 0.5) is 0 Å². The van der Waals surface area contributed by atoms with Gasteiger partial charge in [-0.25, -0.2) is 0 Å². The summed E-state index contributed by atoms with van der Waals surface area (Å²) in [6.45, 7) is 1.85. The number of para-hydroxylation sites is 1. The molecule has 0 heterocycles. The molecule has 0 spiro atoms. The van der Waals surface area contributed by atoms with Gasteiger partial charge in [0.05, 0.1) is 7.11 Å². The van der Waals surface area contributed by atoms with E-state index in [0.717, 1.165) is 18.8 Å². The van der Waals surface area contributed by atoms with Gasteiger partial charge in [-0.2, -0.15) is 0 Å². The van der Waals surface area contributed by atoms with Crippen LogP contribution in [0.3, 0.4) is 0 Å². The maximum absolute atomic E-state index is 6.40. The van der Waals surface area contributed by atoms with Crippen LogP contribution in [-0.4, -0.2) is 31.6 Å². The Morgan fingerprint density at radius 3 is 2.65 bits per heavy atom. The number of ether oxygens (including phenoxy) is 1. The van der Waals surface area contributed by atoms with Crippen LogP contribution in [-0.2, 0) is 6.54 Å². The molecule has 1 unspecified atom stereocenters. The van der Waals surface area contributed by atoms with E-state index in [1.165, 1.54) is 37.7 Å². The summed E-state index contributed by atoms with van der Waals surface area (Å²) in [5.41, 5.74) is 7.63. The molecule has 0 saturated heterocycles. The van der Waals surface area contributed by atoms with Gasteiger partial charge in [-0.15, -0.1) is 0 Å². The van der Waals surface area contributed by atoms with Crippen LogP contribution in [0.15, 0.2) is 24.3 Å². The molecule has 1 saturated carbocycles. The van der Waals surface area contributed by atoms with Gasteiger partial charge in [0.25, 0.3) is 0 Å². The van der Waals surface area contributed by atoms with Crippen molar-refractivity contribution >= 4 is 0 Å². The quantitative estimate of drug-likeness (QED) is 0.868. The molecular weight excluding hydrogens is 248 g/mol. The van der Waals surface area contributed by atoms with E-state index in [-0.39, 0.29) is 0 Å². The van der Waals surface area contributed by atoms with Crippen molar-refractivity contribution < 1.29 is 4.74 Å². The van der Waals surface area contributed by atoms with Crippen molar-refractivity contribution in [2.24, 2.45) is 11.7 Å². The third kappa shape index (κ3) is 4.22. The van der Waals surface area contributed by atoms with E-state index < -0.39 is 0 Å². The van der Waals surface area contributed by atoms with Crippen LogP contribution in [0, 0.1) is 5.92 Å². The lowest BCUT2D eigenvalue weighted by atomic mass is 9.84. The number of likely N-dealkylation sites (N-methyl/N-ethyl adjacent to an activating group) is 1. The molecule has 0 aliphatic heterocycles. The second kappa shape index (κ2) is 7.65. The first-order valence-corrected chi connectivity index (χ1v) is 7.76. The predicted molar refractivity (Wildman–Crippen MR) is 83.9 cm³/mol. The zero-order chi connectivity index (χ0) is 14.4. The van der Waals surface area contributed by atoms with Crippen molar-refractivity contribution in [3.05, 3.63) is 29.8 Å². The number of nitrogens with two attached hydrogens (primary N) is 1. The van der Waals surface area contributed by atoms with E-state index in [0.29, 0.717) is 12.0 Å². The van der Waals surface area contributed by atoms with Crippen molar-refractivity contribution in [3.8, 4) is 5.75 Å². The fraction of sp³-hybridized carbons (Fsp3) is 0.647. The molecule has 1 aromatic carbocycles. The lowest BCUT2D eigenvalue weighted by Crippen LogP contribution is -2.41. The highest BCUT2D eigenvalue weighted by atomic mass is 16.5. The monoisotopic (exact) mass is 276 g/mol. The van der Waals surface area contributed by atoms with E-state index in [1.807, 2.05) is 12.1 Å². The fourth-order valence-electron chi connectivity index (χ4n) is 3.26. The zero-order valence-electron chi connectivity index (χ0n) is 12.8. The van der Waals surface area contributed by atoms with Crippen molar-refractivity contribution in [2.45, 2.75) is 44.7 Å². The highest BCUT2D eigenvalue weighted by Crippen LogP contribution is 2.26. The van der Waals surface area contributed by atoms with Crippen LogP contribution in [0.2, 0.25) is 0 Å². The predicted octanol–water partition coefficient (Wildman–Crippen LogP) is 3.03. The normalized spacial score (nSPS) is 18.2. The second-order valence-corrected chi connectivity index (χ2v) is 6.07. The molecule has 0 aromatic heterocycles. The average Bonchev–Trinajstić information content (AvgIpc) is 2.48. The van der Waals surface area contributed by atoms with Gasteiger partial charge in [-0.05, 0) is 31.9 Å². The second-order valence-electron chi connectivity index (χ2n) is 6.07. The third-order valence-corrected chi connectivity index (χ3v) is 4.41. The molecule has 3 nitrogen and oxygen atoms in total. The topological polar surface area (TPSA) is 38.5 Å². The highest BCUT2D eigenvalue weighted by Gasteiger charge is 2.21. The molecule has 3 heteroatoms. The maximum atomic E-state index is 6.40. The van der Waals surface area contributed by atoms with Crippen LogP contribution in [0.25, 0.3) is 0 Å². The Balaban J connectivity index is 1.86. The lowest BCUT2D eigenvalue weighted by Gasteiger charge is -2.30. The Bertz CT molecular complexity index is 402. The first-order chi connectivity index (χ1) is 9.70. The van der Waals surface area contributed by atoms with Gasteiger partial charge in [-0.1, -0.05) is 37.5 Å². The molecule has 20 heavy (non-hydrogen) atoms. The first-order valence-electron chi connectivity index (χ1n) is 7.76. The summed E-state index contributed by atoms with van der Waals surface area (Å²) in [7, 11) is 3.88. The molecule has 2 N–H and O–H groups in total. The Hall–Kier alpha value is -1.06. The van der Waals surface area contributed by atoms with Crippen molar-refractivity contribution in [2.75, 3.05) is 20.7 Å². The van der Waals surface area contributed by atoms with E-state index in [2.05, 4.69) is 24.1 Å². The minimum absolute atomic E-state index is 0.301. The van der Waals surface area contributed by atoms with Gasteiger partial charge in [0, 0.05) is 24.7 Å². The Labute approximate surface area is 123 Å². The highest BCUT2D eigenvalue weighted by molar-refractivity contribution is 5.33. The van der Waals surface area contributed by atoms with Crippen molar-refractivity contribution in [3.63, 3.8) is 0 Å². The lowest BCUT2D eigenvalue weighted by molar-refractivity contribution is 0.227. The van der Waals surface area contributed by atoms with Gasteiger partial charge in [0.15, 0.2) is 0 Å². The summed E-state index contributed by atoms with van der Waals surface area (Å²) >= 11 is 0. The molecule has 1 aromatic rings. The molecule has 112 valence electrons. The molecule has 1 atom stereocenters. The van der Waals surface area contributed by atoms with Crippen molar-refractivity contribution in [1.82, 2.24) is 4.90 Å². The standard InChI is InChI=1S/C17H28N2O/c1-19(12-15-10-6-7-11-17(15)20-2)13-16(18)14-8-4-3-5-9-14/h6-7,10-11,14,16H,3-5,8-9,12-13,18H2,1-2H3. The van der Waals surface area contributed by atoms with E-state index >= 15 is 0 Å². The molecule has 1 aliphatic carbocycles. The summed E-state index contributed by atoms with van der Waals surface area (Å²) in [5, 5.41) is 0. The Morgan fingerprint density at radius 1 is 1.25 bits per heavy atom. The summed E-state index contributed by atoms with van der Waals surface area (Å²) in [5.74, 6) is 1.68. The Kier molecular flexibility index (Phi) is 5.86. The largest absolute Gasteiger partial charge is 0.496 e. The fourth-order valence-corrected chi connectivity index (χ4v) is 3.26.